The van der Waals surface area contributed by atoms with Gasteiger partial charge in [0.15, 0.2) is 0 Å². The summed E-state index contributed by atoms with van der Waals surface area (Å²) in [4.78, 5) is 0. The van der Waals surface area contributed by atoms with E-state index in [0.29, 0.717) is 11.5 Å². The Bertz CT molecular complexity index is 385. The number of hydrogen-bond acceptors (Lipinski definition) is 2. The van der Waals surface area contributed by atoms with E-state index in [1.807, 2.05) is 0 Å². The molecule has 2 heteroatoms. The first-order valence-electron chi connectivity index (χ1n) is 9.63. The van der Waals surface area contributed by atoms with E-state index < -0.39 is 0 Å². The van der Waals surface area contributed by atoms with Gasteiger partial charge in [0.25, 0.3) is 0 Å². The van der Waals surface area contributed by atoms with Crippen LogP contribution < -0.4 is 5.32 Å². The summed E-state index contributed by atoms with van der Waals surface area (Å²) >= 11 is 0. The number of nitrogens with one attached hydrogen (secondary N) is 1. The molecule has 5 saturated carbocycles. The minimum absolute atomic E-state index is 0.0252. The molecule has 0 aromatic carbocycles. The van der Waals surface area contributed by atoms with Gasteiger partial charge in [0.05, 0.1) is 6.10 Å². The summed E-state index contributed by atoms with van der Waals surface area (Å²) in [5.74, 6) is 4.69. The van der Waals surface area contributed by atoms with Gasteiger partial charge in [-0.15, -0.1) is 0 Å². The Morgan fingerprint density at radius 2 is 1.67 bits per heavy atom. The van der Waals surface area contributed by atoms with Crippen molar-refractivity contribution in [1.29, 1.82) is 0 Å². The van der Waals surface area contributed by atoms with Gasteiger partial charge in [-0.1, -0.05) is 6.42 Å². The van der Waals surface area contributed by atoms with E-state index >= 15 is 0 Å². The zero-order valence-electron chi connectivity index (χ0n) is 13.3. The van der Waals surface area contributed by atoms with Crippen molar-refractivity contribution in [2.45, 2.75) is 76.4 Å². The van der Waals surface area contributed by atoms with Crippen LogP contribution in [0, 0.1) is 35.0 Å². The highest BCUT2D eigenvalue weighted by Gasteiger charge is 2.54. The standard InChI is InChI=1S/C19H31NO/c21-18(7-17-16-3-1-2-15(16)11-20-17)19-8-12-4-13(9-19)6-14(5-12)10-19/h12-18,20-21H,1-11H2. The smallest absolute Gasteiger partial charge is 0.0611 e. The molecule has 4 bridgehead atoms. The van der Waals surface area contributed by atoms with Gasteiger partial charge in [0, 0.05) is 6.04 Å². The number of hydrogen-bond donors (Lipinski definition) is 2. The lowest BCUT2D eigenvalue weighted by Crippen LogP contribution is -2.53. The van der Waals surface area contributed by atoms with Crippen molar-refractivity contribution in [3.8, 4) is 0 Å². The quantitative estimate of drug-likeness (QED) is 0.835. The van der Waals surface area contributed by atoms with Crippen molar-refractivity contribution in [2.24, 2.45) is 35.0 Å². The summed E-state index contributed by atoms with van der Waals surface area (Å²) < 4.78 is 0. The average molecular weight is 289 g/mol. The molecule has 6 rings (SSSR count). The summed E-state index contributed by atoms with van der Waals surface area (Å²) in [5, 5.41) is 14.9. The Labute approximate surface area is 129 Å². The van der Waals surface area contributed by atoms with Crippen LogP contribution in [0.1, 0.15) is 64.2 Å². The normalized spacial score (nSPS) is 55.9. The minimum atomic E-state index is -0.0252. The van der Waals surface area contributed by atoms with Gasteiger partial charge in [-0.2, -0.15) is 0 Å². The zero-order valence-corrected chi connectivity index (χ0v) is 13.3. The van der Waals surface area contributed by atoms with Gasteiger partial charge in [0.1, 0.15) is 0 Å². The number of aliphatic hydroxyl groups is 1. The molecule has 6 fully saturated rings. The molecule has 1 heterocycles. The highest BCUT2D eigenvalue weighted by atomic mass is 16.3. The predicted octanol–water partition coefficient (Wildman–Crippen LogP) is 3.34. The lowest BCUT2D eigenvalue weighted by molar-refractivity contribution is -0.124. The second-order valence-corrected chi connectivity index (χ2v) is 9.40. The second-order valence-electron chi connectivity index (χ2n) is 9.40. The van der Waals surface area contributed by atoms with Crippen molar-refractivity contribution in [3.63, 3.8) is 0 Å². The Balaban J connectivity index is 1.31. The summed E-state index contributed by atoms with van der Waals surface area (Å²) in [5.41, 5.74) is 0.327. The van der Waals surface area contributed by atoms with Gasteiger partial charge in [0.2, 0.25) is 0 Å². The molecule has 4 atom stereocenters. The van der Waals surface area contributed by atoms with E-state index in [1.165, 1.54) is 64.3 Å². The maximum Gasteiger partial charge on any atom is 0.0611 e. The van der Waals surface area contributed by atoms with Crippen LogP contribution in [0.3, 0.4) is 0 Å². The molecular formula is C19H31NO. The third kappa shape index (κ3) is 2.05. The van der Waals surface area contributed by atoms with Gasteiger partial charge in [-0.05, 0) is 99.3 Å². The molecule has 0 aromatic heterocycles. The number of fused-ring (bicyclic) bond motifs is 1. The Hall–Kier alpha value is -0.0800. The predicted molar refractivity (Wildman–Crippen MR) is 83.9 cm³/mol. The monoisotopic (exact) mass is 289 g/mol. The Kier molecular flexibility index (Phi) is 3.00. The fourth-order valence-electron chi connectivity index (χ4n) is 7.64. The number of aliphatic hydroxyl groups excluding tert-OH is 1. The van der Waals surface area contributed by atoms with Crippen LogP contribution >= 0.6 is 0 Å². The van der Waals surface area contributed by atoms with Gasteiger partial charge >= 0.3 is 0 Å². The maximum absolute atomic E-state index is 11.2. The molecular weight excluding hydrogens is 258 g/mol. The summed E-state index contributed by atoms with van der Waals surface area (Å²) in [6.45, 7) is 1.23. The topological polar surface area (TPSA) is 32.3 Å². The van der Waals surface area contributed by atoms with E-state index in [-0.39, 0.29) is 6.10 Å². The van der Waals surface area contributed by atoms with Crippen LogP contribution in [0.25, 0.3) is 0 Å². The fourth-order valence-corrected chi connectivity index (χ4v) is 7.64. The zero-order chi connectivity index (χ0) is 14.0. The minimum Gasteiger partial charge on any atom is -0.392 e. The largest absolute Gasteiger partial charge is 0.392 e. The molecule has 5 aliphatic carbocycles. The van der Waals surface area contributed by atoms with Crippen molar-refractivity contribution >= 4 is 0 Å². The number of rotatable bonds is 3. The van der Waals surface area contributed by atoms with Crippen LogP contribution in [-0.2, 0) is 0 Å². The third-order valence-electron chi connectivity index (χ3n) is 8.15. The molecule has 2 N–H and O–H groups in total. The average Bonchev–Trinajstić information content (AvgIpc) is 3.02. The van der Waals surface area contributed by atoms with Gasteiger partial charge in [-0.25, -0.2) is 0 Å². The first kappa shape index (κ1) is 13.4. The van der Waals surface area contributed by atoms with Crippen LogP contribution in [-0.4, -0.2) is 23.8 Å². The van der Waals surface area contributed by atoms with Gasteiger partial charge < -0.3 is 10.4 Å². The van der Waals surface area contributed by atoms with E-state index in [0.717, 1.165) is 36.0 Å². The Morgan fingerprint density at radius 3 is 2.33 bits per heavy atom. The summed E-state index contributed by atoms with van der Waals surface area (Å²) in [6, 6.07) is 0.625. The van der Waals surface area contributed by atoms with Crippen molar-refractivity contribution in [2.75, 3.05) is 6.54 Å². The van der Waals surface area contributed by atoms with Crippen molar-refractivity contribution < 1.29 is 5.11 Å². The van der Waals surface area contributed by atoms with Crippen molar-refractivity contribution in [3.05, 3.63) is 0 Å². The summed E-state index contributed by atoms with van der Waals surface area (Å²) in [7, 11) is 0. The molecule has 0 aromatic rings. The van der Waals surface area contributed by atoms with Crippen LogP contribution in [0.15, 0.2) is 0 Å². The highest BCUT2D eigenvalue weighted by Crippen LogP contribution is 2.62. The molecule has 1 aliphatic heterocycles. The van der Waals surface area contributed by atoms with E-state index in [2.05, 4.69) is 5.32 Å². The van der Waals surface area contributed by atoms with Crippen molar-refractivity contribution in [1.82, 2.24) is 5.32 Å². The molecule has 6 aliphatic rings. The molecule has 0 spiro atoms. The fraction of sp³-hybridized carbons (Fsp3) is 1.00. The second kappa shape index (κ2) is 4.71. The van der Waals surface area contributed by atoms with E-state index in [1.54, 1.807) is 0 Å². The van der Waals surface area contributed by atoms with E-state index in [9.17, 15) is 5.11 Å². The Morgan fingerprint density at radius 1 is 1.00 bits per heavy atom. The molecule has 21 heavy (non-hydrogen) atoms. The summed E-state index contributed by atoms with van der Waals surface area (Å²) in [6.07, 6.45) is 13.8. The molecule has 4 unspecified atom stereocenters. The first-order chi connectivity index (χ1) is 10.2. The van der Waals surface area contributed by atoms with Crippen LogP contribution in [0.5, 0.6) is 0 Å². The van der Waals surface area contributed by atoms with E-state index in [4.69, 9.17) is 0 Å². The molecule has 118 valence electrons. The molecule has 0 amide bonds. The molecule has 1 saturated heterocycles. The first-order valence-corrected chi connectivity index (χ1v) is 9.63. The lowest BCUT2D eigenvalue weighted by atomic mass is 9.48. The van der Waals surface area contributed by atoms with Crippen LogP contribution in [0.4, 0.5) is 0 Å². The van der Waals surface area contributed by atoms with Gasteiger partial charge in [-0.3, -0.25) is 0 Å². The third-order valence-corrected chi connectivity index (χ3v) is 8.15. The molecule has 0 radical (unpaired) electrons. The lowest BCUT2D eigenvalue weighted by Gasteiger charge is -2.58. The maximum atomic E-state index is 11.2. The SMILES string of the molecule is OC(CC1NCC2CCCC21)C12CC3CC(CC(C3)C1)C2. The van der Waals surface area contributed by atoms with Crippen LogP contribution in [0.2, 0.25) is 0 Å². The highest BCUT2D eigenvalue weighted by molar-refractivity contribution is 5.06. The molecule has 2 nitrogen and oxygen atoms in total.